The van der Waals surface area contributed by atoms with Gasteiger partial charge in [-0.1, -0.05) is 0 Å². The van der Waals surface area contributed by atoms with Crippen molar-refractivity contribution in [3.63, 3.8) is 0 Å². The molecule has 0 fully saturated rings. The summed E-state index contributed by atoms with van der Waals surface area (Å²) in [6.07, 6.45) is 2.69. The summed E-state index contributed by atoms with van der Waals surface area (Å²) in [4.78, 5) is 25.7. The minimum absolute atomic E-state index is 0.217. The number of nitrogens with zero attached hydrogens (tertiary/aromatic N) is 1. The Morgan fingerprint density at radius 2 is 2.00 bits per heavy atom. The first-order chi connectivity index (χ1) is 14.0. The van der Waals surface area contributed by atoms with Gasteiger partial charge in [0.2, 0.25) is 5.78 Å². The highest BCUT2D eigenvalue weighted by Gasteiger charge is 2.29. The Morgan fingerprint density at radius 3 is 2.66 bits per heavy atom. The van der Waals surface area contributed by atoms with Crippen LogP contribution in [0.4, 0.5) is 0 Å². The summed E-state index contributed by atoms with van der Waals surface area (Å²) in [6.45, 7) is 2.18. The molecule has 0 aliphatic heterocycles. The molecule has 0 bridgehead atoms. The van der Waals surface area contributed by atoms with E-state index >= 15 is 0 Å². The highest BCUT2D eigenvalue weighted by atomic mass is 16.5. The van der Waals surface area contributed by atoms with Crippen LogP contribution in [0.2, 0.25) is 0 Å². The van der Waals surface area contributed by atoms with Gasteiger partial charge in [0.05, 0.1) is 39.3 Å². The number of aromatic nitrogens is 1. The monoisotopic (exact) mass is 399 g/mol. The largest absolute Gasteiger partial charge is 0.515 e. The van der Waals surface area contributed by atoms with Gasteiger partial charge in [-0.05, 0) is 56.0 Å². The molecule has 2 aromatic rings. The maximum Gasteiger partial charge on any atom is 0.354 e. The van der Waals surface area contributed by atoms with E-state index in [9.17, 15) is 14.7 Å². The van der Waals surface area contributed by atoms with Crippen LogP contribution in [0, 0.1) is 0 Å². The second kappa shape index (κ2) is 8.86. The Hall–Kier alpha value is -3.22. The van der Waals surface area contributed by atoms with Gasteiger partial charge < -0.3 is 23.9 Å². The molecule has 0 amide bonds. The molecule has 0 saturated heterocycles. The highest BCUT2D eigenvalue weighted by molar-refractivity contribution is 6.10. The van der Waals surface area contributed by atoms with E-state index in [1.54, 1.807) is 43.9 Å². The number of aliphatic hydroxyl groups excluding tert-OH is 1. The number of esters is 1. The van der Waals surface area contributed by atoms with E-state index in [0.29, 0.717) is 47.7 Å². The molecule has 1 aliphatic rings. The molecule has 1 aromatic heterocycles. The molecule has 1 N–H and O–H groups in total. The second-order valence-electron chi connectivity index (χ2n) is 6.72. The Bertz CT molecular complexity index is 956. The molecule has 0 radical (unpaired) electrons. The number of allylic oxidation sites excluding steroid dienone is 1. The Kier molecular flexibility index (Phi) is 6.26. The van der Waals surface area contributed by atoms with Crippen molar-refractivity contribution in [1.82, 2.24) is 4.57 Å². The molecule has 7 nitrogen and oxygen atoms in total. The molecule has 1 aromatic carbocycles. The van der Waals surface area contributed by atoms with Gasteiger partial charge in [0.15, 0.2) is 0 Å². The number of carbonyl (C=O) groups is 2. The van der Waals surface area contributed by atoms with Crippen molar-refractivity contribution in [2.75, 3.05) is 20.8 Å². The molecule has 0 unspecified atom stereocenters. The first-order valence-corrected chi connectivity index (χ1v) is 9.52. The van der Waals surface area contributed by atoms with Gasteiger partial charge in [-0.3, -0.25) is 4.79 Å². The molecule has 7 heteroatoms. The SMILES string of the molecule is CCOC(=O)c1cc2c(n1Cc1cc(OC)ccc1OC)C(=O)C(=CO)CCC2. The fraction of sp³-hybridized carbons (Fsp3) is 0.364. The molecule has 0 saturated carbocycles. The number of rotatable bonds is 6. The maximum absolute atomic E-state index is 13.1. The predicted molar refractivity (Wildman–Crippen MR) is 107 cm³/mol. The van der Waals surface area contributed by atoms with E-state index in [2.05, 4.69) is 0 Å². The van der Waals surface area contributed by atoms with Crippen molar-refractivity contribution in [2.45, 2.75) is 32.7 Å². The lowest BCUT2D eigenvalue weighted by atomic mass is 10.1. The van der Waals surface area contributed by atoms with Crippen LogP contribution >= 0.6 is 0 Å². The van der Waals surface area contributed by atoms with Crippen molar-refractivity contribution in [2.24, 2.45) is 0 Å². The number of fused-ring (bicyclic) bond motifs is 1. The topological polar surface area (TPSA) is 87.0 Å². The lowest BCUT2D eigenvalue weighted by molar-refractivity contribution is 0.0514. The fourth-order valence-electron chi connectivity index (χ4n) is 3.64. The van der Waals surface area contributed by atoms with Crippen molar-refractivity contribution in [3.8, 4) is 11.5 Å². The van der Waals surface area contributed by atoms with E-state index in [1.165, 1.54) is 0 Å². The zero-order chi connectivity index (χ0) is 21.0. The average molecular weight is 399 g/mol. The molecule has 154 valence electrons. The Morgan fingerprint density at radius 1 is 1.21 bits per heavy atom. The zero-order valence-corrected chi connectivity index (χ0v) is 16.9. The summed E-state index contributed by atoms with van der Waals surface area (Å²) in [7, 11) is 3.13. The number of ketones is 1. The molecular formula is C22H25NO6. The number of hydrogen-bond donors (Lipinski definition) is 1. The lowest BCUT2D eigenvalue weighted by Gasteiger charge is -2.16. The number of ether oxygens (including phenoxy) is 3. The minimum atomic E-state index is -0.496. The summed E-state index contributed by atoms with van der Waals surface area (Å²) < 4.78 is 17.6. The summed E-state index contributed by atoms with van der Waals surface area (Å²) in [5, 5.41) is 9.52. The van der Waals surface area contributed by atoms with Crippen LogP contribution in [0.15, 0.2) is 36.1 Å². The van der Waals surface area contributed by atoms with Crippen molar-refractivity contribution < 1.29 is 28.9 Å². The number of aliphatic hydroxyl groups is 1. The number of aryl methyl sites for hydroxylation is 1. The van der Waals surface area contributed by atoms with Crippen molar-refractivity contribution in [1.29, 1.82) is 0 Å². The van der Waals surface area contributed by atoms with Crippen molar-refractivity contribution in [3.05, 3.63) is 58.6 Å². The normalized spacial score (nSPS) is 15.0. The number of benzene rings is 1. The summed E-state index contributed by atoms with van der Waals surface area (Å²) in [5.74, 6) is 0.475. The quantitative estimate of drug-likeness (QED) is 0.345. The van der Waals surface area contributed by atoms with Crippen LogP contribution in [-0.4, -0.2) is 42.3 Å². The van der Waals surface area contributed by atoms with E-state index in [4.69, 9.17) is 14.2 Å². The van der Waals surface area contributed by atoms with Gasteiger partial charge in [-0.25, -0.2) is 4.79 Å². The predicted octanol–water partition coefficient (Wildman–Crippen LogP) is 3.69. The standard InChI is InChI=1S/C22H25NO6/c1-4-29-22(26)18-11-14-6-5-7-15(13-24)21(25)20(14)23(18)12-16-10-17(27-2)8-9-19(16)28-3/h8-11,13,24H,4-7,12H2,1-3H3. The van der Waals surface area contributed by atoms with Crippen LogP contribution in [-0.2, 0) is 17.7 Å². The van der Waals surface area contributed by atoms with E-state index in [-0.39, 0.29) is 18.9 Å². The summed E-state index contributed by atoms with van der Waals surface area (Å²) in [6, 6.07) is 7.09. The fourth-order valence-corrected chi connectivity index (χ4v) is 3.64. The van der Waals surface area contributed by atoms with Gasteiger partial charge in [0.25, 0.3) is 0 Å². The third-order valence-electron chi connectivity index (χ3n) is 5.03. The van der Waals surface area contributed by atoms with Gasteiger partial charge in [0.1, 0.15) is 17.2 Å². The maximum atomic E-state index is 13.1. The first kappa shape index (κ1) is 20.5. The van der Waals surface area contributed by atoms with Crippen LogP contribution in [0.25, 0.3) is 0 Å². The number of methoxy groups -OCH3 is 2. The van der Waals surface area contributed by atoms with Crippen LogP contribution in [0.1, 0.15) is 51.9 Å². The van der Waals surface area contributed by atoms with Gasteiger partial charge in [-0.15, -0.1) is 0 Å². The molecule has 1 heterocycles. The number of Topliss-reactive ketones (excluding diaryl/α,β-unsaturated/α-hetero) is 1. The van der Waals surface area contributed by atoms with Crippen LogP contribution in [0.5, 0.6) is 11.5 Å². The molecular weight excluding hydrogens is 374 g/mol. The summed E-state index contributed by atoms with van der Waals surface area (Å²) in [5.41, 5.74) is 2.56. The second-order valence-corrected chi connectivity index (χ2v) is 6.72. The third-order valence-corrected chi connectivity index (χ3v) is 5.03. The highest BCUT2D eigenvalue weighted by Crippen LogP contribution is 2.31. The number of hydrogen-bond acceptors (Lipinski definition) is 6. The number of carbonyl (C=O) groups excluding carboxylic acids is 2. The van der Waals surface area contributed by atoms with E-state index < -0.39 is 5.97 Å². The molecule has 29 heavy (non-hydrogen) atoms. The molecule has 0 atom stereocenters. The Balaban J connectivity index is 2.17. The van der Waals surface area contributed by atoms with Crippen LogP contribution in [0.3, 0.4) is 0 Å². The van der Waals surface area contributed by atoms with Crippen LogP contribution < -0.4 is 9.47 Å². The zero-order valence-electron chi connectivity index (χ0n) is 16.9. The molecule has 1 aliphatic carbocycles. The van der Waals surface area contributed by atoms with Gasteiger partial charge >= 0.3 is 5.97 Å². The Labute approximate surface area is 169 Å². The van der Waals surface area contributed by atoms with Gasteiger partial charge in [-0.2, -0.15) is 0 Å². The van der Waals surface area contributed by atoms with E-state index in [1.807, 2.05) is 6.07 Å². The molecule has 3 rings (SSSR count). The minimum Gasteiger partial charge on any atom is -0.515 e. The smallest absolute Gasteiger partial charge is 0.354 e. The first-order valence-electron chi connectivity index (χ1n) is 9.52. The molecule has 0 spiro atoms. The van der Waals surface area contributed by atoms with Gasteiger partial charge in [0, 0.05) is 11.1 Å². The van der Waals surface area contributed by atoms with E-state index in [0.717, 1.165) is 17.4 Å². The third kappa shape index (κ3) is 3.99. The summed E-state index contributed by atoms with van der Waals surface area (Å²) >= 11 is 0. The average Bonchev–Trinajstić information content (AvgIpc) is 3.00. The van der Waals surface area contributed by atoms with Crippen molar-refractivity contribution >= 4 is 11.8 Å². The lowest BCUT2D eigenvalue weighted by Crippen LogP contribution is -2.18.